The van der Waals surface area contributed by atoms with Crippen LogP contribution in [0.3, 0.4) is 0 Å². The molecule has 6 nitrogen and oxygen atoms in total. The van der Waals surface area contributed by atoms with Crippen molar-refractivity contribution in [3.8, 4) is 11.8 Å². The summed E-state index contributed by atoms with van der Waals surface area (Å²) in [5.74, 6) is 5.93. The largest absolute Gasteiger partial charge is 0.372 e. The molecule has 17 heavy (non-hydrogen) atoms. The number of fused-ring (bicyclic) bond motifs is 1. The molecule has 0 fully saturated rings. The number of hydrogen-bond acceptors (Lipinski definition) is 5. The van der Waals surface area contributed by atoms with Crippen molar-refractivity contribution in [3.63, 3.8) is 0 Å². The molecule has 0 aliphatic rings. The van der Waals surface area contributed by atoms with Crippen LogP contribution in [0.1, 0.15) is 13.3 Å². The van der Waals surface area contributed by atoms with Gasteiger partial charge < -0.3 is 15.4 Å². The number of aromatic nitrogens is 2. The smallest absolute Gasteiger partial charge is 0.362 e. The molecule has 0 amide bonds. The number of anilines is 1. The molecule has 1 N–H and O–H groups in total. The number of thiazole rings is 1. The fourth-order valence-corrected chi connectivity index (χ4v) is 2.14. The molecule has 0 bridgehead atoms. The topological polar surface area (TPSA) is 72.5 Å². The van der Waals surface area contributed by atoms with Gasteiger partial charge in [-0.2, -0.15) is 9.38 Å². The van der Waals surface area contributed by atoms with Crippen LogP contribution in [-0.2, 0) is 0 Å². The van der Waals surface area contributed by atoms with Crippen LogP contribution in [0.5, 0.6) is 0 Å². The van der Waals surface area contributed by atoms with E-state index < -0.39 is 4.92 Å². The molecule has 0 aromatic carbocycles. The minimum atomic E-state index is -0.430. The molecule has 0 unspecified atom stereocenters. The lowest BCUT2D eigenvalue weighted by molar-refractivity contribution is -0.389. The highest BCUT2D eigenvalue weighted by Gasteiger charge is 2.22. The Balaban J connectivity index is 2.25. The van der Waals surface area contributed by atoms with E-state index in [1.807, 2.05) is 0 Å². The van der Waals surface area contributed by atoms with Gasteiger partial charge in [0.15, 0.2) is 0 Å². The van der Waals surface area contributed by atoms with Crippen molar-refractivity contribution in [2.24, 2.45) is 0 Å². The zero-order valence-electron chi connectivity index (χ0n) is 9.14. The van der Waals surface area contributed by atoms with E-state index in [0.29, 0.717) is 23.7 Å². The third-order valence-electron chi connectivity index (χ3n) is 2.13. The van der Waals surface area contributed by atoms with Gasteiger partial charge in [-0.15, -0.1) is 11.8 Å². The highest BCUT2D eigenvalue weighted by molar-refractivity contribution is 7.15. The Morgan fingerprint density at radius 1 is 1.71 bits per heavy atom. The maximum atomic E-state index is 11.0. The van der Waals surface area contributed by atoms with Crippen molar-refractivity contribution in [2.75, 3.05) is 11.9 Å². The van der Waals surface area contributed by atoms with Gasteiger partial charge in [0.1, 0.15) is 6.20 Å². The summed E-state index contributed by atoms with van der Waals surface area (Å²) in [6, 6.07) is 0. The van der Waals surface area contributed by atoms with Gasteiger partial charge in [0, 0.05) is 18.3 Å². The second-order valence-electron chi connectivity index (χ2n) is 3.20. The third-order valence-corrected chi connectivity index (χ3v) is 2.89. The molecular formula is C10H10N4O2S. The van der Waals surface area contributed by atoms with Gasteiger partial charge in [-0.1, -0.05) is 11.3 Å². The van der Waals surface area contributed by atoms with Crippen LogP contribution in [0, 0.1) is 22.0 Å². The Bertz CT molecular complexity index is 605. The first kappa shape index (κ1) is 11.4. The molecule has 0 aliphatic carbocycles. The molecule has 7 heteroatoms. The van der Waals surface area contributed by atoms with E-state index in [0.717, 1.165) is 0 Å². The zero-order valence-corrected chi connectivity index (χ0v) is 9.95. The molecule has 0 saturated carbocycles. The van der Waals surface area contributed by atoms with Gasteiger partial charge >= 0.3 is 5.82 Å². The number of nitro groups is 1. The van der Waals surface area contributed by atoms with E-state index in [1.54, 1.807) is 18.5 Å². The predicted octanol–water partition coefficient (Wildman–Crippen LogP) is 2.13. The number of nitrogens with zero attached hydrogens (tertiary/aromatic N) is 3. The number of rotatable bonds is 4. The van der Waals surface area contributed by atoms with E-state index in [-0.39, 0.29) is 5.82 Å². The van der Waals surface area contributed by atoms with Crippen molar-refractivity contribution >= 4 is 27.9 Å². The molecule has 2 aromatic heterocycles. The first-order chi connectivity index (χ1) is 8.24. The maximum absolute atomic E-state index is 11.0. The van der Waals surface area contributed by atoms with Crippen LogP contribution >= 0.6 is 11.3 Å². The minimum absolute atomic E-state index is 0.0225. The summed E-state index contributed by atoms with van der Waals surface area (Å²) >= 11 is 1.36. The maximum Gasteiger partial charge on any atom is 0.372 e. The second kappa shape index (κ2) is 4.84. The molecule has 2 aromatic rings. The summed E-state index contributed by atoms with van der Waals surface area (Å²) in [7, 11) is 0. The molecule has 0 atom stereocenters. The fourth-order valence-electron chi connectivity index (χ4n) is 1.44. The predicted molar refractivity (Wildman–Crippen MR) is 66.3 cm³/mol. The van der Waals surface area contributed by atoms with Gasteiger partial charge in [0.25, 0.3) is 4.96 Å². The first-order valence-corrected chi connectivity index (χ1v) is 5.85. The molecule has 88 valence electrons. The molecule has 0 saturated heterocycles. The van der Waals surface area contributed by atoms with Crippen LogP contribution in [0.15, 0.2) is 11.6 Å². The Kier molecular flexibility index (Phi) is 3.25. The van der Waals surface area contributed by atoms with E-state index in [9.17, 15) is 10.1 Å². The van der Waals surface area contributed by atoms with E-state index in [1.165, 1.54) is 15.7 Å². The van der Waals surface area contributed by atoms with Crippen LogP contribution < -0.4 is 5.32 Å². The van der Waals surface area contributed by atoms with Crippen LogP contribution in [0.4, 0.5) is 11.6 Å². The number of hydrogen-bond donors (Lipinski definition) is 1. The molecule has 2 heterocycles. The van der Waals surface area contributed by atoms with E-state index >= 15 is 0 Å². The standard InChI is InChI=1S/C10H10N4O2S/c1-2-3-4-5-11-8-9(14(15)16)13-6-7-17-10(13)12-8/h6-7,11H,4-5H2,1H3. The van der Waals surface area contributed by atoms with Crippen molar-refractivity contribution in [3.05, 3.63) is 21.7 Å². The fraction of sp³-hybridized carbons (Fsp3) is 0.300. The van der Waals surface area contributed by atoms with Gasteiger partial charge in [0.2, 0.25) is 5.82 Å². The van der Waals surface area contributed by atoms with Crippen molar-refractivity contribution in [2.45, 2.75) is 13.3 Å². The van der Waals surface area contributed by atoms with Crippen LogP contribution in [0.25, 0.3) is 4.96 Å². The molecule has 0 spiro atoms. The Morgan fingerprint density at radius 2 is 2.53 bits per heavy atom. The van der Waals surface area contributed by atoms with Crippen molar-refractivity contribution in [1.29, 1.82) is 0 Å². The van der Waals surface area contributed by atoms with Crippen molar-refractivity contribution < 1.29 is 4.92 Å². The van der Waals surface area contributed by atoms with Gasteiger partial charge in [0.05, 0.1) is 0 Å². The second-order valence-corrected chi connectivity index (χ2v) is 4.07. The highest BCUT2D eigenvalue weighted by Crippen LogP contribution is 2.27. The molecule has 2 rings (SSSR count). The van der Waals surface area contributed by atoms with Crippen LogP contribution in [0.2, 0.25) is 0 Å². The molecule has 0 aliphatic heterocycles. The first-order valence-electron chi connectivity index (χ1n) is 4.97. The zero-order chi connectivity index (χ0) is 12.3. The lowest BCUT2D eigenvalue weighted by atomic mass is 10.4. The van der Waals surface area contributed by atoms with E-state index in [2.05, 4.69) is 22.1 Å². The molecule has 0 radical (unpaired) electrons. The SMILES string of the molecule is CC#CCCNc1nc2sccn2c1[N+](=O)[O-]. The Morgan fingerprint density at radius 3 is 3.24 bits per heavy atom. The highest BCUT2D eigenvalue weighted by atomic mass is 32.1. The summed E-state index contributed by atoms with van der Waals surface area (Å²) in [6.07, 6.45) is 2.28. The van der Waals surface area contributed by atoms with E-state index in [4.69, 9.17) is 0 Å². The summed E-state index contributed by atoms with van der Waals surface area (Å²) in [4.78, 5) is 15.3. The Hall–Kier alpha value is -2.07. The van der Waals surface area contributed by atoms with Crippen LogP contribution in [-0.4, -0.2) is 20.9 Å². The van der Waals surface area contributed by atoms with Gasteiger partial charge in [-0.3, -0.25) is 0 Å². The minimum Gasteiger partial charge on any atom is -0.362 e. The van der Waals surface area contributed by atoms with Gasteiger partial charge in [-0.05, 0) is 11.8 Å². The molecular weight excluding hydrogens is 240 g/mol. The summed E-state index contributed by atoms with van der Waals surface area (Å²) in [6.45, 7) is 2.31. The lowest BCUT2D eigenvalue weighted by Gasteiger charge is -1.99. The Labute approximate surface area is 101 Å². The number of imidazole rings is 1. The average Bonchev–Trinajstić information content (AvgIpc) is 2.83. The average molecular weight is 250 g/mol. The summed E-state index contributed by atoms with van der Waals surface area (Å²) in [5, 5.41) is 15.7. The normalized spacial score (nSPS) is 9.94. The summed E-state index contributed by atoms with van der Waals surface area (Å²) < 4.78 is 1.47. The monoisotopic (exact) mass is 250 g/mol. The third kappa shape index (κ3) is 2.21. The van der Waals surface area contributed by atoms with Crippen molar-refractivity contribution in [1.82, 2.24) is 9.38 Å². The van der Waals surface area contributed by atoms with Gasteiger partial charge in [-0.25, -0.2) is 0 Å². The number of nitrogens with one attached hydrogen (secondary N) is 1. The lowest BCUT2D eigenvalue weighted by Crippen LogP contribution is -2.04. The quantitative estimate of drug-likeness (QED) is 0.390. The summed E-state index contributed by atoms with van der Waals surface area (Å²) in [5.41, 5.74) is 0.